The Bertz CT molecular complexity index is 926. The molecule has 0 saturated carbocycles. The van der Waals surface area contributed by atoms with Gasteiger partial charge >= 0.3 is 5.97 Å². The van der Waals surface area contributed by atoms with E-state index in [4.69, 9.17) is 25.6 Å². The van der Waals surface area contributed by atoms with E-state index in [9.17, 15) is 4.79 Å². The van der Waals surface area contributed by atoms with Crippen LogP contribution in [0.5, 0.6) is 5.75 Å². The van der Waals surface area contributed by atoms with Crippen molar-refractivity contribution in [3.05, 3.63) is 65.0 Å². The summed E-state index contributed by atoms with van der Waals surface area (Å²) in [5, 5.41) is 4.51. The molecule has 0 spiro atoms. The lowest BCUT2D eigenvalue weighted by Gasteiger charge is -2.23. The zero-order valence-corrected chi connectivity index (χ0v) is 14.5. The minimum absolute atomic E-state index is 0.0719. The van der Waals surface area contributed by atoms with Crippen molar-refractivity contribution in [2.75, 3.05) is 6.61 Å². The molecule has 132 valence electrons. The zero-order valence-electron chi connectivity index (χ0n) is 13.7. The molecule has 2 heterocycles. The molecule has 3 aromatic rings. The largest absolute Gasteiger partial charge is 0.492 e. The minimum Gasteiger partial charge on any atom is -0.492 e. The van der Waals surface area contributed by atoms with Crippen molar-refractivity contribution in [3.63, 3.8) is 0 Å². The maximum absolute atomic E-state index is 12.3. The van der Waals surface area contributed by atoms with Gasteiger partial charge in [-0.25, -0.2) is 0 Å². The van der Waals surface area contributed by atoms with Crippen LogP contribution in [0, 0.1) is 5.92 Å². The Morgan fingerprint density at radius 3 is 2.92 bits per heavy atom. The van der Waals surface area contributed by atoms with Crippen molar-refractivity contribution < 1.29 is 18.8 Å². The molecule has 0 amide bonds. The minimum atomic E-state index is -0.391. The highest BCUT2D eigenvalue weighted by atomic mass is 35.5. The molecule has 0 radical (unpaired) electrons. The van der Waals surface area contributed by atoms with Crippen LogP contribution in [-0.4, -0.2) is 22.7 Å². The van der Waals surface area contributed by atoms with E-state index in [2.05, 4.69) is 10.1 Å². The van der Waals surface area contributed by atoms with Gasteiger partial charge in [-0.2, -0.15) is 4.98 Å². The standard InChI is InChI=1S/C19H15ClN2O4/c20-15-6-7-16-13(9-15)8-14(10-24-16)19(23)25-11-17-21-18(22-26-17)12-4-2-1-3-5-12/h1-7,9,14H,8,10-11H2/t14-/m1/s1. The molecule has 0 saturated heterocycles. The van der Waals surface area contributed by atoms with Crippen molar-refractivity contribution >= 4 is 17.6 Å². The van der Waals surface area contributed by atoms with Gasteiger partial charge in [0.1, 0.15) is 12.4 Å². The lowest BCUT2D eigenvalue weighted by Crippen LogP contribution is -2.29. The van der Waals surface area contributed by atoms with Crippen LogP contribution < -0.4 is 4.74 Å². The first kappa shape index (κ1) is 16.6. The number of carbonyl (C=O) groups excluding carboxylic acids is 1. The van der Waals surface area contributed by atoms with Crippen LogP contribution in [0.15, 0.2) is 53.1 Å². The summed E-state index contributed by atoms with van der Waals surface area (Å²) < 4.78 is 16.1. The SMILES string of the molecule is O=C(OCc1nc(-c2ccccc2)no1)[C@H]1COc2ccc(Cl)cc2C1. The molecular formula is C19H15ClN2O4. The van der Waals surface area contributed by atoms with Crippen LogP contribution >= 0.6 is 11.6 Å². The molecular weight excluding hydrogens is 356 g/mol. The van der Waals surface area contributed by atoms with Gasteiger partial charge in [0, 0.05) is 10.6 Å². The highest BCUT2D eigenvalue weighted by Crippen LogP contribution is 2.30. The van der Waals surface area contributed by atoms with E-state index >= 15 is 0 Å². The Morgan fingerprint density at radius 1 is 1.23 bits per heavy atom. The first-order valence-corrected chi connectivity index (χ1v) is 8.53. The summed E-state index contributed by atoms with van der Waals surface area (Å²) in [6.07, 6.45) is 0.522. The third-order valence-electron chi connectivity index (χ3n) is 4.10. The van der Waals surface area contributed by atoms with E-state index in [-0.39, 0.29) is 25.1 Å². The second-order valence-corrected chi connectivity index (χ2v) is 6.39. The molecule has 0 aliphatic carbocycles. The molecule has 0 N–H and O–H groups in total. The van der Waals surface area contributed by atoms with Crippen molar-refractivity contribution in [2.24, 2.45) is 5.92 Å². The zero-order chi connectivity index (χ0) is 17.9. The summed E-state index contributed by atoms with van der Waals surface area (Å²) in [4.78, 5) is 16.6. The average Bonchev–Trinajstić information content (AvgIpc) is 3.15. The normalized spacial score (nSPS) is 15.8. The third-order valence-corrected chi connectivity index (χ3v) is 4.34. The molecule has 0 fully saturated rings. The van der Waals surface area contributed by atoms with Gasteiger partial charge in [-0.1, -0.05) is 47.1 Å². The van der Waals surface area contributed by atoms with Gasteiger partial charge in [0.05, 0.1) is 5.92 Å². The molecule has 0 bridgehead atoms. The van der Waals surface area contributed by atoms with Gasteiger partial charge in [0.2, 0.25) is 5.82 Å². The first-order chi connectivity index (χ1) is 12.7. The first-order valence-electron chi connectivity index (χ1n) is 8.15. The second kappa shape index (κ2) is 7.17. The van der Waals surface area contributed by atoms with E-state index in [1.807, 2.05) is 36.4 Å². The van der Waals surface area contributed by atoms with E-state index < -0.39 is 5.92 Å². The van der Waals surface area contributed by atoms with Gasteiger partial charge in [-0.05, 0) is 30.2 Å². The highest BCUT2D eigenvalue weighted by Gasteiger charge is 2.28. The highest BCUT2D eigenvalue weighted by molar-refractivity contribution is 6.30. The Labute approximate surface area is 154 Å². The quantitative estimate of drug-likeness (QED) is 0.652. The number of hydrogen-bond donors (Lipinski definition) is 0. The summed E-state index contributed by atoms with van der Waals surface area (Å²) in [5.74, 6) is 0.703. The Kier molecular flexibility index (Phi) is 4.58. The van der Waals surface area contributed by atoms with E-state index in [1.165, 1.54) is 0 Å². The van der Waals surface area contributed by atoms with Gasteiger partial charge in [-0.3, -0.25) is 4.79 Å². The third kappa shape index (κ3) is 3.55. The number of carbonyl (C=O) groups is 1. The molecule has 1 aliphatic heterocycles. The lowest BCUT2D eigenvalue weighted by molar-refractivity contribution is -0.152. The number of halogens is 1. The smallest absolute Gasteiger partial charge is 0.313 e. The number of hydrogen-bond acceptors (Lipinski definition) is 6. The fourth-order valence-electron chi connectivity index (χ4n) is 2.78. The van der Waals surface area contributed by atoms with E-state index in [1.54, 1.807) is 12.1 Å². The summed E-state index contributed by atoms with van der Waals surface area (Å²) in [5.41, 5.74) is 1.73. The van der Waals surface area contributed by atoms with Crippen LogP contribution in [0.1, 0.15) is 11.5 Å². The number of nitrogens with zero attached hydrogens (tertiary/aromatic N) is 2. The number of aromatic nitrogens is 2. The molecule has 26 heavy (non-hydrogen) atoms. The summed E-state index contributed by atoms with van der Waals surface area (Å²) in [7, 11) is 0. The number of rotatable bonds is 4. The molecule has 1 atom stereocenters. The molecule has 6 nitrogen and oxygen atoms in total. The van der Waals surface area contributed by atoms with Gasteiger partial charge in [-0.15, -0.1) is 0 Å². The van der Waals surface area contributed by atoms with Crippen LogP contribution in [0.4, 0.5) is 0 Å². The number of esters is 1. The van der Waals surface area contributed by atoms with Crippen molar-refractivity contribution in [1.29, 1.82) is 0 Å². The van der Waals surface area contributed by atoms with E-state index in [0.717, 1.165) is 16.9 Å². The van der Waals surface area contributed by atoms with Crippen molar-refractivity contribution in [2.45, 2.75) is 13.0 Å². The predicted molar refractivity (Wildman–Crippen MR) is 93.7 cm³/mol. The van der Waals surface area contributed by atoms with Crippen molar-refractivity contribution in [1.82, 2.24) is 10.1 Å². The summed E-state index contributed by atoms with van der Waals surface area (Å²) in [6.45, 7) is 0.199. The monoisotopic (exact) mass is 370 g/mol. The molecule has 1 aliphatic rings. The maximum atomic E-state index is 12.3. The number of ether oxygens (including phenoxy) is 2. The van der Waals surface area contributed by atoms with Crippen LogP contribution in [0.2, 0.25) is 5.02 Å². The van der Waals surface area contributed by atoms with Gasteiger partial charge < -0.3 is 14.0 Å². The Balaban J connectivity index is 1.37. The molecule has 4 rings (SSSR count). The fourth-order valence-corrected chi connectivity index (χ4v) is 2.98. The van der Waals surface area contributed by atoms with E-state index in [0.29, 0.717) is 17.3 Å². The van der Waals surface area contributed by atoms with Crippen molar-refractivity contribution in [3.8, 4) is 17.1 Å². The van der Waals surface area contributed by atoms with Crippen LogP contribution in [0.25, 0.3) is 11.4 Å². The topological polar surface area (TPSA) is 74.5 Å². The molecule has 0 unspecified atom stereocenters. The van der Waals surface area contributed by atoms with Crippen LogP contribution in [0.3, 0.4) is 0 Å². The number of fused-ring (bicyclic) bond motifs is 1. The molecule has 7 heteroatoms. The second-order valence-electron chi connectivity index (χ2n) is 5.95. The van der Waals surface area contributed by atoms with Gasteiger partial charge in [0.25, 0.3) is 5.89 Å². The summed E-state index contributed by atoms with van der Waals surface area (Å²) >= 11 is 6.00. The number of benzene rings is 2. The fraction of sp³-hybridized carbons (Fsp3) is 0.211. The maximum Gasteiger partial charge on any atom is 0.313 e. The molecule has 1 aromatic heterocycles. The Hall–Kier alpha value is -2.86. The molecule has 2 aromatic carbocycles. The Morgan fingerprint density at radius 2 is 2.08 bits per heavy atom. The lowest BCUT2D eigenvalue weighted by atomic mass is 9.97. The van der Waals surface area contributed by atoms with Crippen LogP contribution in [-0.2, 0) is 22.6 Å². The average molecular weight is 371 g/mol. The summed E-state index contributed by atoms with van der Waals surface area (Å²) in [6, 6.07) is 14.8. The predicted octanol–water partition coefficient (Wildman–Crippen LogP) is 3.68. The van der Waals surface area contributed by atoms with Gasteiger partial charge in [0.15, 0.2) is 6.61 Å².